The summed E-state index contributed by atoms with van der Waals surface area (Å²) in [6.07, 6.45) is 4.05. The average Bonchev–Trinajstić information content (AvgIpc) is 1.89. The van der Waals surface area contributed by atoms with Gasteiger partial charge in [0.25, 0.3) is 0 Å². The van der Waals surface area contributed by atoms with E-state index in [9.17, 15) is 0 Å². The second-order valence-corrected chi connectivity index (χ2v) is 2.84. The van der Waals surface area contributed by atoms with Gasteiger partial charge >= 0.3 is 0 Å². The third-order valence-corrected chi connectivity index (χ3v) is 2.18. The van der Waals surface area contributed by atoms with Gasteiger partial charge in [-0.15, -0.1) is 0 Å². The largest absolute Gasteiger partial charge is 0.318 e. The number of piperidine rings is 1. The number of nitrogens with zero attached hydrogens (tertiary/aromatic N) is 1. The van der Waals surface area contributed by atoms with E-state index >= 15 is 0 Å². The lowest BCUT2D eigenvalue weighted by Crippen LogP contribution is -2.41. The van der Waals surface area contributed by atoms with Gasteiger partial charge in [-0.3, -0.25) is 4.90 Å². The molecule has 1 aliphatic rings. The fourth-order valence-electron chi connectivity index (χ4n) is 1.43. The highest BCUT2D eigenvalue weighted by Crippen LogP contribution is 2.14. The molecule has 0 spiro atoms. The molecule has 54 valence electrons. The third kappa shape index (κ3) is 1.66. The zero-order valence-electron chi connectivity index (χ0n) is 6.14. The van der Waals surface area contributed by atoms with Crippen molar-refractivity contribution in [1.82, 2.24) is 4.90 Å². The third-order valence-electron chi connectivity index (χ3n) is 2.18. The van der Waals surface area contributed by atoms with Crippen LogP contribution < -0.4 is 5.73 Å². The van der Waals surface area contributed by atoms with E-state index in [0.717, 1.165) is 12.7 Å². The molecule has 0 aromatic rings. The van der Waals surface area contributed by atoms with Crippen LogP contribution in [0.4, 0.5) is 0 Å². The summed E-state index contributed by atoms with van der Waals surface area (Å²) in [6, 6.07) is 0.726. The van der Waals surface area contributed by atoms with Crippen molar-refractivity contribution in [3.8, 4) is 0 Å². The van der Waals surface area contributed by atoms with Gasteiger partial charge in [0, 0.05) is 12.7 Å². The molecule has 2 nitrogen and oxygen atoms in total. The normalized spacial score (nSPS) is 30.7. The molecule has 2 heteroatoms. The summed E-state index contributed by atoms with van der Waals surface area (Å²) in [5, 5.41) is 0. The Morgan fingerprint density at radius 3 is 2.78 bits per heavy atom. The van der Waals surface area contributed by atoms with Gasteiger partial charge in [0.1, 0.15) is 0 Å². The number of rotatable bonds is 1. The maximum absolute atomic E-state index is 5.52. The van der Waals surface area contributed by atoms with E-state index in [1.165, 1.54) is 25.8 Å². The zero-order valence-corrected chi connectivity index (χ0v) is 6.14. The molecule has 0 radical (unpaired) electrons. The van der Waals surface area contributed by atoms with Gasteiger partial charge in [0.15, 0.2) is 0 Å². The van der Waals surface area contributed by atoms with Gasteiger partial charge in [-0.05, 0) is 26.3 Å². The van der Waals surface area contributed by atoms with Crippen molar-refractivity contribution < 1.29 is 0 Å². The van der Waals surface area contributed by atoms with Gasteiger partial charge < -0.3 is 5.73 Å². The molecule has 1 fully saturated rings. The van der Waals surface area contributed by atoms with Crippen molar-refractivity contribution in [2.45, 2.75) is 32.2 Å². The Morgan fingerprint density at radius 2 is 2.33 bits per heavy atom. The predicted octanol–water partition coefficient (Wildman–Crippen LogP) is 0.777. The maximum atomic E-state index is 5.52. The summed E-state index contributed by atoms with van der Waals surface area (Å²) in [7, 11) is 0. The van der Waals surface area contributed by atoms with Crippen molar-refractivity contribution in [2.75, 3.05) is 13.2 Å². The number of nitrogens with two attached hydrogens (primary N) is 1. The zero-order chi connectivity index (χ0) is 6.69. The minimum absolute atomic E-state index is 0.726. The first-order chi connectivity index (χ1) is 4.34. The summed E-state index contributed by atoms with van der Waals surface area (Å²) in [6.45, 7) is 4.20. The van der Waals surface area contributed by atoms with E-state index < -0.39 is 0 Å². The van der Waals surface area contributed by atoms with Gasteiger partial charge in [-0.1, -0.05) is 6.42 Å². The van der Waals surface area contributed by atoms with Crippen molar-refractivity contribution in [2.24, 2.45) is 5.73 Å². The van der Waals surface area contributed by atoms with Crippen LogP contribution in [-0.2, 0) is 0 Å². The highest BCUT2D eigenvalue weighted by Gasteiger charge is 2.15. The van der Waals surface area contributed by atoms with Crippen LogP contribution in [0.1, 0.15) is 26.2 Å². The molecule has 0 aliphatic carbocycles. The van der Waals surface area contributed by atoms with Crippen LogP contribution in [0.3, 0.4) is 0 Å². The first-order valence-corrected chi connectivity index (χ1v) is 3.78. The Bertz CT molecular complexity index is 83.0. The molecule has 1 aliphatic heterocycles. The number of hydrogen-bond donors (Lipinski definition) is 1. The maximum Gasteiger partial charge on any atom is 0.0457 e. The van der Waals surface area contributed by atoms with Crippen molar-refractivity contribution in [3.63, 3.8) is 0 Å². The first kappa shape index (κ1) is 7.03. The van der Waals surface area contributed by atoms with E-state index in [-0.39, 0.29) is 0 Å². The molecule has 9 heavy (non-hydrogen) atoms. The molecule has 1 saturated heterocycles. The lowest BCUT2D eigenvalue weighted by molar-refractivity contribution is 0.165. The standard InChI is InChI=1S/C7H16N2/c1-7-4-2-3-5-9(7)6-8/h7H,2-6,8H2,1H3/t7-/m1/s1. The number of likely N-dealkylation sites (tertiary alicyclic amines) is 1. The lowest BCUT2D eigenvalue weighted by Gasteiger charge is -2.31. The fourth-order valence-corrected chi connectivity index (χ4v) is 1.43. The predicted molar refractivity (Wildman–Crippen MR) is 39.1 cm³/mol. The minimum atomic E-state index is 0.726. The molecule has 1 rings (SSSR count). The molecular weight excluding hydrogens is 112 g/mol. The highest BCUT2D eigenvalue weighted by atomic mass is 15.2. The van der Waals surface area contributed by atoms with Gasteiger partial charge in [-0.2, -0.15) is 0 Å². The van der Waals surface area contributed by atoms with Crippen LogP contribution in [-0.4, -0.2) is 24.2 Å². The Kier molecular flexibility index (Phi) is 2.49. The Labute approximate surface area is 57.0 Å². The van der Waals surface area contributed by atoms with Crippen LogP contribution in [0.5, 0.6) is 0 Å². The van der Waals surface area contributed by atoms with Gasteiger partial charge in [0.2, 0.25) is 0 Å². The van der Waals surface area contributed by atoms with Gasteiger partial charge in [-0.25, -0.2) is 0 Å². The van der Waals surface area contributed by atoms with Crippen LogP contribution in [0.15, 0.2) is 0 Å². The van der Waals surface area contributed by atoms with Crippen molar-refractivity contribution in [1.29, 1.82) is 0 Å². The Balaban J connectivity index is 2.30. The van der Waals surface area contributed by atoms with E-state index in [1.807, 2.05) is 0 Å². The molecule has 1 heterocycles. The van der Waals surface area contributed by atoms with E-state index in [1.54, 1.807) is 0 Å². The summed E-state index contributed by atoms with van der Waals surface area (Å²) < 4.78 is 0. The van der Waals surface area contributed by atoms with E-state index in [0.29, 0.717) is 0 Å². The smallest absolute Gasteiger partial charge is 0.0457 e. The number of hydrogen-bond acceptors (Lipinski definition) is 2. The molecule has 1 atom stereocenters. The highest BCUT2D eigenvalue weighted by molar-refractivity contribution is 4.70. The molecule has 0 aromatic carbocycles. The summed E-state index contributed by atoms with van der Waals surface area (Å²) in [5.41, 5.74) is 5.52. The molecule has 2 N–H and O–H groups in total. The van der Waals surface area contributed by atoms with E-state index in [4.69, 9.17) is 5.73 Å². The average molecular weight is 128 g/mol. The summed E-state index contributed by atoms with van der Waals surface area (Å²) >= 11 is 0. The van der Waals surface area contributed by atoms with Crippen molar-refractivity contribution >= 4 is 0 Å². The Hall–Kier alpha value is -0.0800. The summed E-state index contributed by atoms with van der Waals surface area (Å²) in [5.74, 6) is 0. The quantitative estimate of drug-likeness (QED) is 0.565. The van der Waals surface area contributed by atoms with Crippen molar-refractivity contribution in [3.05, 3.63) is 0 Å². The fraction of sp³-hybridized carbons (Fsp3) is 1.00. The van der Waals surface area contributed by atoms with Crippen LogP contribution in [0.25, 0.3) is 0 Å². The van der Waals surface area contributed by atoms with E-state index in [2.05, 4.69) is 11.8 Å². The molecule has 0 amide bonds. The molecular formula is C7H16N2. The topological polar surface area (TPSA) is 29.3 Å². The van der Waals surface area contributed by atoms with Gasteiger partial charge in [0.05, 0.1) is 0 Å². The molecule has 0 aromatic heterocycles. The Morgan fingerprint density at radius 1 is 1.56 bits per heavy atom. The second kappa shape index (κ2) is 3.18. The first-order valence-electron chi connectivity index (χ1n) is 3.78. The SMILES string of the molecule is C[C@@H]1CCCCN1CN. The lowest BCUT2D eigenvalue weighted by atomic mass is 10.0. The monoisotopic (exact) mass is 128 g/mol. The summed E-state index contributed by atoms with van der Waals surface area (Å²) in [4.78, 5) is 2.34. The molecule has 0 bridgehead atoms. The van der Waals surface area contributed by atoms with Crippen LogP contribution >= 0.6 is 0 Å². The molecule has 0 unspecified atom stereocenters. The van der Waals surface area contributed by atoms with Crippen LogP contribution in [0.2, 0.25) is 0 Å². The molecule has 0 saturated carbocycles. The van der Waals surface area contributed by atoms with Crippen LogP contribution in [0, 0.1) is 0 Å². The minimum Gasteiger partial charge on any atom is -0.318 e. The second-order valence-electron chi connectivity index (χ2n) is 2.84.